The van der Waals surface area contributed by atoms with Crippen molar-refractivity contribution >= 4 is 105 Å². The van der Waals surface area contributed by atoms with Crippen molar-refractivity contribution in [3.05, 3.63) is 194 Å². The predicted molar refractivity (Wildman–Crippen MR) is 252 cm³/mol. The van der Waals surface area contributed by atoms with Crippen molar-refractivity contribution in [1.82, 2.24) is 0 Å². The van der Waals surface area contributed by atoms with Crippen molar-refractivity contribution in [2.75, 3.05) is 0 Å². The van der Waals surface area contributed by atoms with Gasteiger partial charge in [-0.25, -0.2) is 0 Å². The summed E-state index contributed by atoms with van der Waals surface area (Å²) >= 11 is 0. The van der Waals surface area contributed by atoms with Crippen molar-refractivity contribution in [1.29, 1.82) is 0 Å². The minimum Gasteiger partial charge on any atom is -0.0616 e. The van der Waals surface area contributed by atoms with Gasteiger partial charge in [0, 0.05) is 0 Å². The molecule has 57 heavy (non-hydrogen) atoms. The summed E-state index contributed by atoms with van der Waals surface area (Å²) in [5.41, 5.74) is 5.21. The molecule has 0 aliphatic rings. The van der Waals surface area contributed by atoms with E-state index in [9.17, 15) is 0 Å². The zero-order valence-electron chi connectivity index (χ0n) is 32.0. The van der Waals surface area contributed by atoms with Crippen LogP contribution in [-0.4, -0.2) is 8.07 Å². The minimum absolute atomic E-state index is 1.26. The van der Waals surface area contributed by atoms with Crippen LogP contribution in [0.1, 0.15) is 0 Å². The first kappa shape index (κ1) is 32.4. The Morgan fingerprint density at radius 2 is 0.649 bits per heavy atom. The molecule has 0 bridgehead atoms. The standard InChI is InChI=1S/C56H38Si/c1-57(2,50-34-32-38-30-29-36-17-13-18-37-31-33-49(50)52(38)51(36)37)56-47-26-11-9-24-45(47)55(46-25-10-12-27-48(46)56)54-43-22-7-5-20-41(43)53(42-21-6-8-23-44(42)54)40-28-14-16-35-15-3-4-19-39(35)40/h3-34H,1-2H3. The van der Waals surface area contributed by atoms with E-state index in [1.54, 1.807) is 0 Å². The van der Waals surface area contributed by atoms with E-state index in [1.165, 1.54) is 119 Å². The Hall–Kier alpha value is -6.80. The zero-order chi connectivity index (χ0) is 37.8. The van der Waals surface area contributed by atoms with Gasteiger partial charge in [-0.05, 0) is 119 Å². The van der Waals surface area contributed by atoms with E-state index >= 15 is 0 Å². The van der Waals surface area contributed by atoms with E-state index in [0.717, 1.165) is 0 Å². The number of hydrogen-bond acceptors (Lipinski definition) is 0. The number of hydrogen-bond donors (Lipinski definition) is 0. The van der Waals surface area contributed by atoms with Crippen molar-refractivity contribution < 1.29 is 0 Å². The second-order valence-corrected chi connectivity index (χ2v) is 20.6. The van der Waals surface area contributed by atoms with Crippen LogP contribution in [0, 0.1) is 0 Å². The molecule has 0 saturated heterocycles. The second kappa shape index (κ2) is 12.1. The lowest BCUT2D eigenvalue weighted by atomic mass is 9.82. The van der Waals surface area contributed by atoms with Crippen LogP contribution in [0.5, 0.6) is 0 Å². The van der Waals surface area contributed by atoms with Crippen molar-refractivity contribution in [3.8, 4) is 22.3 Å². The van der Waals surface area contributed by atoms with Gasteiger partial charge in [0.15, 0.2) is 0 Å². The predicted octanol–water partition coefficient (Wildman–Crippen LogP) is 14.5. The quantitative estimate of drug-likeness (QED) is 0.0958. The molecule has 12 aromatic carbocycles. The van der Waals surface area contributed by atoms with Gasteiger partial charge in [-0.2, -0.15) is 0 Å². The van der Waals surface area contributed by atoms with Gasteiger partial charge in [-0.3, -0.25) is 0 Å². The number of benzene rings is 12. The van der Waals surface area contributed by atoms with Gasteiger partial charge in [0.25, 0.3) is 0 Å². The van der Waals surface area contributed by atoms with Gasteiger partial charge in [0.05, 0.1) is 0 Å². The average molecular weight is 739 g/mol. The molecule has 0 radical (unpaired) electrons. The van der Waals surface area contributed by atoms with Crippen molar-refractivity contribution in [3.63, 3.8) is 0 Å². The van der Waals surface area contributed by atoms with Gasteiger partial charge in [-0.1, -0.05) is 207 Å². The van der Waals surface area contributed by atoms with Crippen LogP contribution >= 0.6 is 0 Å². The molecule has 0 unspecified atom stereocenters. The molecule has 0 aliphatic carbocycles. The highest BCUT2D eigenvalue weighted by atomic mass is 28.3. The highest BCUT2D eigenvalue weighted by molar-refractivity contribution is 7.04. The van der Waals surface area contributed by atoms with Crippen LogP contribution in [0.4, 0.5) is 0 Å². The van der Waals surface area contributed by atoms with Gasteiger partial charge in [0.2, 0.25) is 0 Å². The van der Waals surface area contributed by atoms with Crippen LogP contribution in [0.3, 0.4) is 0 Å². The fourth-order valence-electron chi connectivity index (χ4n) is 10.6. The first-order chi connectivity index (χ1) is 28.1. The summed E-state index contributed by atoms with van der Waals surface area (Å²) in [7, 11) is -2.39. The smallest absolute Gasteiger partial charge is 0.0616 e. The molecule has 266 valence electrons. The second-order valence-electron chi connectivity index (χ2n) is 16.3. The van der Waals surface area contributed by atoms with Gasteiger partial charge >= 0.3 is 0 Å². The summed E-state index contributed by atoms with van der Waals surface area (Å²) in [6, 6.07) is 73.2. The van der Waals surface area contributed by atoms with E-state index in [-0.39, 0.29) is 0 Å². The zero-order valence-corrected chi connectivity index (χ0v) is 33.0. The Morgan fingerprint density at radius 1 is 0.263 bits per heavy atom. The van der Waals surface area contributed by atoms with E-state index in [2.05, 4.69) is 207 Å². The Labute approximate surface area is 332 Å². The molecule has 0 aliphatic heterocycles. The molecule has 1 heteroatoms. The van der Waals surface area contributed by atoms with Gasteiger partial charge < -0.3 is 0 Å². The lowest BCUT2D eigenvalue weighted by Crippen LogP contribution is -2.53. The molecule has 0 N–H and O–H groups in total. The average Bonchev–Trinajstić information content (AvgIpc) is 3.26. The van der Waals surface area contributed by atoms with Crippen LogP contribution in [0.25, 0.3) is 108 Å². The summed E-state index contributed by atoms with van der Waals surface area (Å²) in [5, 5.41) is 24.1. The van der Waals surface area contributed by atoms with Crippen molar-refractivity contribution in [2.24, 2.45) is 0 Å². The molecule has 0 saturated carbocycles. The lowest BCUT2D eigenvalue weighted by molar-refractivity contribution is 1.69. The molecule has 12 aromatic rings. The highest BCUT2D eigenvalue weighted by Gasteiger charge is 2.34. The normalized spacial score (nSPS) is 12.4. The van der Waals surface area contributed by atoms with E-state index in [4.69, 9.17) is 0 Å². The maximum absolute atomic E-state index is 2.58. The maximum Gasteiger partial charge on any atom is 0.114 e. The Bertz CT molecular complexity index is 3470. The SMILES string of the molecule is C[Si](C)(c1c2ccccc2c(-c2c3ccccc3c(-c3cccc4ccccc34)c3ccccc23)c2ccccc12)c1ccc2ccc3cccc4ccc1c2c34. The topological polar surface area (TPSA) is 0 Å². The third kappa shape index (κ3) is 4.55. The number of fused-ring (bicyclic) bond motifs is 5. The van der Waals surface area contributed by atoms with Crippen LogP contribution in [0.2, 0.25) is 13.1 Å². The molecule has 0 spiro atoms. The molecule has 0 heterocycles. The highest BCUT2D eigenvalue weighted by Crippen LogP contribution is 2.48. The van der Waals surface area contributed by atoms with E-state index in [1.807, 2.05) is 0 Å². The monoisotopic (exact) mass is 738 g/mol. The Morgan fingerprint density at radius 3 is 1.23 bits per heavy atom. The summed E-state index contributed by atoms with van der Waals surface area (Å²) in [6.07, 6.45) is 0. The fourth-order valence-corrected chi connectivity index (χ4v) is 14.1. The van der Waals surface area contributed by atoms with Gasteiger partial charge in [0.1, 0.15) is 8.07 Å². The van der Waals surface area contributed by atoms with Crippen LogP contribution in [-0.2, 0) is 0 Å². The Kier molecular flexibility index (Phi) is 6.88. The molecule has 0 aromatic heterocycles. The molecule has 0 nitrogen and oxygen atoms in total. The summed E-state index contributed by atoms with van der Waals surface area (Å²) in [5.74, 6) is 0. The summed E-state index contributed by atoms with van der Waals surface area (Å²) < 4.78 is 0. The first-order valence-corrected chi connectivity index (χ1v) is 23.1. The molecular formula is C56H38Si. The van der Waals surface area contributed by atoms with Crippen LogP contribution in [0.15, 0.2) is 194 Å². The van der Waals surface area contributed by atoms with E-state index < -0.39 is 8.07 Å². The largest absolute Gasteiger partial charge is 0.114 e. The third-order valence-corrected chi connectivity index (χ3v) is 16.6. The van der Waals surface area contributed by atoms with Crippen LogP contribution < -0.4 is 10.4 Å². The lowest BCUT2D eigenvalue weighted by Gasteiger charge is -2.31. The summed E-state index contributed by atoms with van der Waals surface area (Å²) in [4.78, 5) is 0. The maximum atomic E-state index is 2.58. The number of rotatable bonds is 4. The third-order valence-electron chi connectivity index (χ3n) is 13.0. The van der Waals surface area contributed by atoms with E-state index in [0.29, 0.717) is 0 Å². The minimum atomic E-state index is -2.39. The fraction of sp³-hybridized carbons (Fsp3) is 0.0357. The molecule has 12 rings (SSSR count). The molecular weight excluding hydrogens is 701 g/mol. The first-order valence-electron chi connectivity index (χ1n) is 20.1. The summed E-state index contributed by atoms with van der Waals surface area (Å²) in [6.45, 7) is 5.16. The molecule has 0 amide bonds. The molecule has 0 fully saturated rings. The Balaban J connectivity index is 1.20. The van der Waals surface area contributed by atoms with Gasteiger partial charge in [-0.15, -0.1) is 0 Å². The van der Waals surface area contributed by atoms with Crippen molar-refractivity contribution in [2.45, 2.75) is 13.1 Å². The molecule has 0 atom stereocenters.